The normalized spacial score (nSPS) is 11.4. The number of hydrogen-bond acceptors (Lipinski definition) is 9. The van der Waals surface area contributed by atoms with Crippen LogP contribution in [0.15, 0.2) is 53.4 Å². The van der Waals surface area contributed by atoms with Gasteiger partial charge in [-0.15, -0.1) is 0 Å². The largest absolute Gasteiger partial charge is 0.297 e. The molecule has 158 valence electrons. The number of nitro benzene ring substituents is 1. The molecule has 0 atom stereocenters. The molecule has 0 aliphatic heterocycles. The van der Waals surface area contributed by atoms with Gasteiger partial charge in [0.2, 0.25) is 0 Å². The highest BCUT2D eigenvalue weighted by molar-refractivity contribution is 7.93. The van der Waals surface area contributed by atoms with E-state index in [2.05, 4.69) is 20.0 Å². The number of amides is 1. The maximum Gasteiger partial charge on any atom is 0.270 e. The average Bonchev–Trinajstić information content (AvgIpc) is 3.29. The van der Waals surface area contributed by atoms with Crippen LogP contribution < -0.4 is 10.0 Å². The summed E-state index contributed by atoms with van der Waals surface area (Å²) in [6.45, 7) is 1.59. The van der Waals surface area contributed by atoms with E-state index in [1.54, 1.807) is 25.1 Å². The Morgan fingerprint density at radius 1 is 1.06 bits per heavy atom. The van der Waals surface area contributed by atoms with E-state index in [0.717, 1.165) is 22.7 Å². The van der Waals surface area contributed by atoms with Crippen molar-refractivity contribution in [3.05, 3.63) is 69.2 Å². The fraction of sp³-hybridized carbons (Fsp3) is 0.0556. The van der Waals surface area contributed by atoms with Crippen molar-refractivity contribution >= 4 is 64.8 Å². The molecule has 0 bridgehead atoms. The third-order valence-electron chi connectivity index (χ3n) is 4.08. The molecule has 0 aliphatic carbocycles. The van der Waals surface area contributed by atoms with Gasteiger partial charge in [0.05, 0.1) is 25.7 Å². The molecule has 0 aliphatic rings. The van der Waals surface area contributed by atoms with Crippen LogP contribution in [-0.4, -0.2) is 29.2 Å². The minimum atomic E-state index is -3.83. The van der Waals surface area contributed by atoms with Gasteiger partial charge in [0.25, 0.3) is 21.6 Å². The van der Waals surface area contributed by atoms with Gasteiger partial charge in [-0.3, -0.25) is 24.9 Å². The Bertz CT molecular complexity index is 1410. The second-order valence-electron chi connectivity index (χ2n) is 6.23. The maximum absolute atomic E-state index is 12.7. The number of carbonyl (C=O) groups excluding carboxylic acids is 1. The van der Waals surface area contributed by atoms with E-state index in [1.807, 2.05) is 0 Å². The topological polar surface area (TPSA) is 144 Å². The Labute approximate surface area is 183 Å². The number of rotatable bonds is 6. The first-order valence-corrected chi connectivity index (χ1v) is 11.8. The molecule has 4 aromatic rings. The van der Waals surface area contributed by atoms with Gasteiger partial charge in [0, 0.05) is 12.1 Å². The summed E-state index contributed by atoms with van der Waals surface area (Å²) < 4.78 is 27.8. The summed E-state index contributed by atoms with van der Waals surface area (Å²) in [5, 5.41) is 13.9. The Morgan fingerprint density at radius 3 is 2.52 bits per heavy atom. The molecule has 31 heavy (non-hydrogen) atoms. The molecule has 2 heterocycles. The molecule has 4 rings (SSSR count). The summed E-state index contributed by atoms with van der Waals surface area (Å²) in [6.07, 6.45) is 0. The van der Waals surface area contributed by atoms with Gasteiger partial charge in [0.1, 0.15) is 4.88 Å². The molecule has 2 N–H and O–H groups in total. The third-order valence-corrected chi connectivity index (χ3v) is 7.57. The summed E-state index contributed by atoms with van der Waals surface area (Å²) >= 11 is 1.99. The molecular weight excluding hydrogens is 462 g/mol. The molecule has 0 fully saturated rings. The number of aromatic nitrogens is 2. The van der Waals surface area contributed by atoms with Crippen molar-refractivity contribution in [3.8, 4) is 0 Å². The molecule has 0 saturated carbocycles. The minimum absolute atomic E-state index is 0.0615. The molecule has 2 aromatic carbocycles. The Hall–Kier alpha value is -3.42. The first kappa shape index (κ1) is 20.8. The summed E-state index contributed by atoms with van der Waals surface area (Å²) in [5.41, 5.74) is 0.802. The number of hydrogen-bond donors (Lipinski definition) is 2. The summed E-state index contributed by atoms with van der Waals surface area (Å²) in [6, 6.07) is 12.1. The first-order valence-electron chi connectivity index (χ1n) is 8.64. The minimum Gasteiger partial charge on any atom is -0.297 e. The number of non-ortho nitro benzene ring substituents is 1. The monoisotopic (exact) mass is 475 g/mol. The Morgan fingerprint density at radius 2 is 1.81 bits per heavy atom. The van der Waals surface area contributed by atoms with Crippen molar-refractivity contribution in [1.82, 2.24) is 9.97 Å². The van der Waals surface area contributed by atoms with E-state index in [9.17, 15) is 23.3 Å². The zero-order valence-electron chi connectivity index (χ0n) is 15.7. The van der Waals surface area contributed by atoms with Crippen LogP contribution >= 0.6 is 22.7 Å². The van der Waals surface area contributed by atoms with Crippen molar-refractivity contribution < 1.29 is 18.1 Å². The zero-order valence-corrected chi connectivity index (χ0v) is 18.2. The van der Waals surface area contributed by atoms with Crippen molar-refractivity contribution in [2.75, 3.05) is 10.0 Å². The van der Waals surface area contributed by atoms with Crippen LogP contribution in [0.1, 0.15) is 15.4 Å². The highest BCUT2D eigenvalue weighted by atomic mass is 32.2. The number of benzene rings is 2. The van der Waals surface area contributed by atoms with Crippen LogP contribution in [-0.2, 0) is 10.0 Å². The quantitative estimate of drug-likeness (QED) is 0.316. The highest BCUT2D eigenvalue weighted by Crippen LogP contribution is 2.31. The number of nitro groups is 1. The van der Waals surface area contributed by atoms with E-state index >= 15 is 0 Å². The lowest BCUT2D eigenvalue weighted by molar-refractivity contribution is -0.384. The molecule has 10 nitrogen and oxygen atoms in total. The number of thiazole rings is 2. The van der Waals surface area contributed by atoms with Crippen molar-refractivity contribution in [2.45, 2.75) is 11.8 Å². The van der Waals surface area contributed by atoms with E-state index < -0.39 is 20.9 Å². The standard InChI is InChI=1S/C18H13N5O5S3/c1-10-15(30-18(19-10)22-31(27,28)12-5-3-2-4-6-12)16(24)21-17-20-13-8-7-11(23(25)26)9-14(13)29-17/h2-9H,1H3,(H,19,22)(H,20,21,24). The number of fused-ring (bicyclic) bond motifs is 1. The maximum atomic E-state index is 12.7. The van der Waals surface area contributed by atoms with E-state index in [1.165, 1.54) is 30.3 Å². The van der Waals surface area contributed by atoms with Crippen molar-refractivity contribution in [3.63, 3.8) is 0 Å². The number of nitrogens with zero attached hydrogens (tertiary/aromatic N) is 3. The number of carbonyl (C=O) groups is 1. The summed E-state index contributed by atoms with van der Waals surface area (Å²) in [4.78, 5) is 31.8. The molecule has 0 saturated heterocycles. The van der Waals surface area contributed by atoms with Gasteiger partial charge < -0.3 is 0 Å². The number of anilines is 2. The van der Waals surface area contributed by atoms with Gasteiger partial charge in [-0.05, 0) is 25.1 Å². The van der Waals surface area contributed by atoms with Crippen LogP contribution in [0, 0.1) is 17.0 Å². The van der Waals surface area contributed by atoms with Crippen molar-refractivity contribution in [2.24, 2.45) is 0 Å². The van der Waals surface area contributed by atoms with E-state index in [0.29, 0.717) is 15.9 Å². The fourth-order valence-electron chi connectivity index (χ4n) is 2.66. The van der Waals surface area contributed by atoms with Gasteiger partial charge in [0.15, 0.2) is 10.3 Å². The van der Waals surface area contributed by atoms with Gasteiger partial charge in [-0.1, -0.05) is 40.9 Å². The second-order valence-corrected chi connectivity index (χ2v) is 9.95. The smallest absolute Gasteiger partial charge is 0.270 e. The third kappa shape index (κ3) is 4.38. The lowest BCUT2D eigenvalue weighted by atomic mass is 10.3. The first-order chi connectivity index (χ1) is 14.7. The average molecular weight is 476 g/mol. The molecule has 2 aromatic heterocycles. The summed E-state index contributed by atoms with van der Waals surface area (Å²) in [7, 11) is -3.83. The number of nitrogens with one attached hydrogen (secondary N) is 2. The van der Waals surface area contributed by atoms with Crippen LogP contribution in [0.3, 0.4) is 0 Å². The zero-order chi connectivity index (χ0) is 22.2. The molecular formula is C18H13N5O5S3. The van der Waals surface area contributed by atoms with Crippen LogP contribution in [0.5, 0.6) is 0 Å². The highest BCUT2D eigenvalue weighted by Gasteiger charge is 2.21. The van der Waals surface area contributed by atoms with Gasteiger partial charge >= 0.3 is 0 Å². The predicted molar refractivity (Wildman–Crippen MR) is 118 cm³/mol. The van der Waals surface area contributed by atoms with Crippen LogP contribution in [0.2, 0.25) is 0 Å². The Balaban J connectivity index is 1.54. The molecule has 0 radical (unpaired) electrons. The van der Waals surface area contributed by atoms with Gasteiger partial charge in [-0.25, -0.2) is 18.4 Å². The second kappa shape index (κ2) is 8.02. The SMILES string of the molecule is Cc1nc(NS(=O)(=O)c2ccccc2)sc1C(=O)Nc1nc2ccc([N+](=O)[O-])cc2s1. The number of aryl methyl sites for hydroxylation is 1. The molecule has 0 unspecified atom stereocenters. The van der Waals surface area contributed by atoms with E-state index in [4.69, 9.17) is 0 Å². The lowest BCUT2D eigenvalue weighted by Crippen LogP contribution is -2.12. The van der Waals surface area contributed by atoms with Gasteiger partial charge in [-0.2, -0.15) is 0 Å². The van der Waals surface area contributed by atoms with E-state index in [-0.39, 0.29) is 25.7 Å². The van der Waals surface area contributed by atoms with Crippen molar-refractivity contribution in [1.29, 1.82) is 0 Å². The fourth-order valence-corrected chi connectivity index (χ4v) is 5.67. The molecule has 0 spiro atoms. The number of sulfonamides is 1. The van der Waals surface area contributed by atoms with Crippen LogP contribution in [0.4, 0.5) is 16.0 Å². The summed E-state index contributed by atoms with van der Waals surface area (Å²) in [5.74, 6) is -0.506. The molecule has 13 heteroatoms. The lowest BCUT2D eigenvalue weighted by Gasteiger charge is -2.04. The molecule has 1 amide bonds. The van der Waals surface area contributed by atoms with Crippen LogP contribution in [0.25, 0.3) is 10.2 Å². The predicted octanol–water partition coefficient (Wildman–Crippen LogP) is 4.02. The Kier molecular flexibility index (Phi) is 5.39.